The van der Waals surface area contributed by atoms with Gasteiger partial charge in [-0.2, -0.15) is 0 Å². The van der Waals surface area contributed by atoms with Crippen LogP contribution in [0.25, 0.3) is 0 Å². The molecule has 4 nitrogen and oxygen atoms in total. The molecule has 2 N–H and O–H groups in total. The molecule has 1 aromatic carbocycles. The number of benzene rings is 1. The lowest BCUT2D eigenvalue weighted by molar-refractivity contribution is 0.449. The zero-order valence-corrected chi connectivity index (χ0v) is 12.5. The highest BCUT2D eigenvalue weighted by Crippen LogP contribution is 2.32. The van der Waals surface area contributed by atoms with Crippen molar-refractivity contribution >= 4 is 0 Å². The Morgan fingerprint density at radius 3 is 3.05 bits per heavy atom. The van der Waals surface area contributed by atoms with Gasteiger partial charge in [0.2, 0.25) is 0 Å². The highest BCUT2D eigenvalue weighted by molar-refractivity contribution is 5.32. The Morgan fingerprint density at radius 2 is 2.14 bits per heavy atom. The van der Waals surface area contributed by atoms with Crippen LogP contribution >= 0.6 is 0 Å². The second kappa shape index (κ2) is 6.85. The minimum atomic E-state index is 0.577. The van der Waals surface area contributed by atoms with Crippen LogP contribution in [-0.4, -0.2) is 21.5 Å². The monoisotopic (exact) mass is 284 g/mol. The average molecular weight is 284 g/mol. The van der Waals surface area contributed by atoms with E-state index in [1.807, 2.05) is 4.68 Å². The van der Waals surface area contributed by atoms with E-state index in [1.165, 1.54) is 30.4 Å². The number of fused-ring (bicyclic) bond motifs is 1. The molecule has 0 radical (unpaired) electrons. The molecule has 21 heavy (non-hydrogen) atoms. The fourth-order valence-electron chi connectivity index (χ4n) is 3.26. The van der Waals surface area contributed by atoms with Crippen molar-refractivity contribution in [1.82, 2.24) is 15.0 Å². The molecule has 2 aromatic rings. The van der Waals surface area contributed by atoms with Gasteiger partial charge in [-0.3, -0.25) is 4.68 Å². The molecule has 1 atom stereocenters. The summed E-state index contributed by atoms with van der Waals surface area (Å²) in [6.45, 7) is 1.70. The summed E-state index contributed by atoms with van der Waals surface area (Å²) >= 11 is 0. The van der Waals surface area contributed by atoms with Crippen molar-refractivity contribution in [2.45, 2.75) is 51.0 Å². The van der Waals surface area contributed by atoms with E-state index in [1.54, 1.807) is 0 Å². The predicted octanol–water partition coefficient (Wildman–Crippen LogP) is 2.68. The average Bonchev–Trinajstić information content (AvgIpc) is 2.96. The summed E-state index contributed by atoms with van der Waals surface area (Å²) in [6.07, 6.45) is 8.99. The maximum absolute atomic E-state index is 5.53. The number of nitrogens with zero attached hydrogens (tertiary/aromatic N) is 3. The van der Waals surface area contributed by atoms with E-state index in [-0.39, 0.29) is 0 Å². The minimum absolute atomic E-state index is 0.577. The number of nitrogens with two attached hydrogens (primary N) is 1. The maximum Gasteiger partial charge on any atom is 0.0827 e. The third-order valence-corrected chi connectivity index (χ3v) is 4.37. The molecule has 1 aliphatic carbocycles. The normalized spacial score (nSPS) is 17.7. The van der Waals surface area contributed by atoms with Crippen LogP contribution in [0.15, 0.2) is 30.5 Å². The quantitative estimate of drug-likeness (QED) is 0.830. The number of aryl methyl sites for hydroxylation is 2. The lowest BCUT2D eigenvalue weighted by atomic mass is 9.83. The fourth-order valence-corrected chi connectivity index (χ4v) is 3.26. The molecule has 0 aliphatic heterocycles. The third-order valence-electron chi connectivity index (χ3n) is 4.37. The highest BCUT2D eigenvalue weighted by Gasteiger charge is 2.20. The molecule has 4 heteroatoms. The molecule has 112 valence electrons. The smallest absolute Gasteiger partial charge is 0.0827 e. The van der Waals surface area contributed by atoms with Gasteiger partial charge in [0.25, 0.3) is 0 Å². The topological polar surface area (TPSA) is 56.7 Å². The van der Waals surface area contributed by atoms with E-state index in [0.29, 0.717) is 5.92 Å². The summed E-state index contributed by atoms with van der Waals surface area (Å²) in [5.74, 6) is 0.577. The second-order valence-electron chi connectivity index (χ2n) is 5.97. The van der Waals surface area contributed by atoms with Gasteiger partial charge in [-0.1, -0.05) is 29.5 Å². The Morgan fingerprint density at radius 1 is 1.24 bits per heavy atom. The summed E-state index contributed by atoms with van der Waals surface area (Å²) in [7, 11) is 0. The van der Waals surface area contributed by atoms with Gasteiger partial charge in [-0.15, -0.1) is 5.10 Å². The molecular weight excluding hydrogens is 260 g/mol. The first-order valence-electron chi connectivity index (χ1n) is 8.03. The molecule has 1 heterocycles. The van der Waals surface area contributed by atoms with Gasteiger partial charge in [0.1, 0.15) is 0 Å². The van der Waals surface area contributed by atoms with Crippen LogP contribution in [-0.2, 0) is 19.4 Å². The highest BCUT2D eigenvalue weighted by atomic mass is 15.4. The summed E-state index contributed by atoms with van der Waals surface area (Å²) in [5.41, 5.74) is 9.63. The van der Waals surface area contributed by atoms with E-state index in [0.717, 1.165) is 38.0 Å². The first-order valence-corrected chi connectivity index (χ1v) is 8.03. The molecule has 0 spiro atoms. The minimum Gasteiger partial charge on any atom is -0.330 e. The van der Waals surface area contributed by atoms with E-state index in [4.69, 9.17) is 5.73 Å². The van der Waals surface area contributed by atoms with E-state index in [9.17, 15) is 0 Å². The molecule has 0 saturated carbocycles. The van der Waals surface area contributed by atoms with Crippen LogP contribution in [0.2, 0.25) is 0 Å². The molecular formula is C17H24N4. The largest absolute Gasteiger partial charge is 0.330 e. The van der Waals surface area contributed by atoms with Crippen LogP contribution in [0.4, 0.5) is 0 Å². The number of aromatic nitrogens is 3. The predicted molar refractivity (Wildman–Crippen MR) is 84.1 cm³/mol. The lowest BCUT2D eigenvalue weighted by Gasteiger charge is -2.25. The molecule has 1 aliphatic rings. The molecule has 1 aromatic heterocycles. The summed E-state index contributed by atoms with van der Waals surface area (Å²) in [4.78, 5) is 0. The standard InChI is InChI=1S/C17H24N4/c18-11-4-3-9-16-13-21(20-19-16)12-15-8-5-7-14-6-1-2-10-17(14)15/h1-2,6,10,13,15H,3-5,7-9,11-12,18H2. The molecule has 3 rings (SSSR count). The van der Waals surface area contributed by atoms with Crippen LogP contribution in [0.3, 0.4) is 0 Å². The van der Waals surface area contributed by atoms with E-state index >= 15 is 0 Å². The van der Waals surface area contributed by atoms with E-state index < -0.39 is 0 Å². The maximum atomic E-state index is 5.53. The van der Waals surface area contributed by atoms with Gasteiger partial charge in [0, 0.05) is 18.7 Å². The Balaban J connectivity index is 1.65. The SMILES string of the molecule is NCCCCc1cn(CC2CCCc3ccccc32)nn1. The van der Waals surface area contributed by atoms with Gasteiger partial charge in [0.15, 0.2) is 0 Å². The Hall–Kier alpha value is -1.68. The number of rotatable bonds is 6. The van der Waals surface area contributed by atoms with Crippen LogP contribution in [0, 0.1) is 0 Å². The van der Waals surface area contributed by atoms with Gasteiger partial charge in [-0.25, -0.2) is 0 Å². The Kier molecular flexibility index (Phi) is 4.65. The first-order chi connectivity index (χ1) is 10.4. The van der Waals surface area contributed by atoms with Gasteiger partial charge >= 0.3 is 0 Å². The van der Waals surface area contributed by atoms with Gasteiger partial charge < -0.3 is 5.73 Å². The lowest BCUT2D eigenvalue weighted by Crippen LogP contribution is -2.15. The third kappa shape index (κ3) is 3.50. The zero-order chi connectivity index (χ0) is 14.5. The summed E-state index contributed by atoms with van der Waals surface area (Å²) in [6, 6.07) is 8.84. The zero-order valence-electron chi connectivity index (χ0n) is 12.5. The molecule has 0 fully saturated rings. The molecule has 0 saturated heterocycles. The summed E-state index contributed by atoms with van der Waals surface area (Å²) in [5, 5.41) is 8.58. The second-order valence-corrected chi connectivity index (χ2v) is 5.97. The van der Waals surface area contributed by atoms with E-state index in [2.05, 4.69) is 40.8 Å². The van der Waals surface area contributed by atoms with Crippen molar-refractivity contribution in [2.75, 3.05) is 6.54 Å². The van der Waals surface area contributed by atoms with Crippen LogP contribution in [0.5, 0.6) is 0 Å². The molecule has 1 unspecified atom stereocenters. The van der Waals surface area contributed by atoms with Crippen molar-refractivity contribution in [3.8, 4) is 0 Å². The molecule has 0 amide bonds. The molecule has 0 bridgehead atoms. The van der Waals surface area contributed by atoms with Crippen LogP contribution in [0.1, 0.15) is 48.4 Å². The Labute approximate surface area is 126 Å². The summed E-state index contributed by atoms with van der Waals surface area (Å²) < 4.78 is 2.02. The number of hydrogen-bond donors (Lipinski definition) is 1. The van der Waals surface area contributed by atoms with Crippen molar-refractivity contribution in [3.63, 3.8) is 0 Å². The van der Waals surface area contributed by atoms with Crippen LogP contribution < -0.4 is 5.73 Å². The fraction of sp³-hybridized carbons (Fsp3) is 0.529. The van der Waals surface area contributed by atoms with Crippen molar-refractivity contribution in [3.05, 3.63) is 47.3 Å². The Bertz CT molecular complexity index is 576. The first kappa shape index (κ1) is 14.3. The van der Waals surface area contributed by atoms with Crippen molar-refractivity contribution in [2.24, 2.45) is 5.73 Å². The van der Waals surface area contributed by atoms with Gasteiger partial charge in [-0.05, 0) is 56.2 Å². The van der Waals surface area contributed by atoms with Gasteiger partial charge in [0.05, 0.1) is 5.69 Å². The number of unbranched alkanes of at least 4 members (excludes halogenated alkanes) is 1. The van der Waals surface area contributed by atoms with Crippen molar-refractivity contribution < 1.29 is 0 Å². The van der Waals surface area contributed by atoms with Crippen molar-refractivity contribution in [1.29, 1.82) is 0 Å². The number of hydrogen-bond acceptors (Lipinski definition) is 3.